The molecule has 0 aliphatic rings. The zero-order chi connectivity index (χ0) is 17.9. The van der Waals surface area contributed by atoms with Gasteiger partial charge < -0.3 is 9.47 Å². The van der Waals surface area contributed by atoms with Crippen LogP contribution < -0.4 is 4.74 Å². The molecule has 130 valence electrons. The Morgan fingerprint density at radius 1 is 1.12 bits per heavy atom. The highest BCUT2D eigenvalue weighted by Crippen LogP contribution is 2.31. The van der Waals surface area contributed by atoms with Crippen molar-refractivity contribution in [2.24, 2.45) is 0 Å². The number of esters is 1. The number of carbonyl (C=O) groups excluding carboxylic acids is 1. The number of alkyl halides is 3. The standard InChI is InChI=1S/C17H12F3NO3S/c18-17(19,20)11-4-3-5-12(8-11)23-10-16(22)24-9-15-21-13-6-1-2-7-14(13)25-15/h1-8H,9-10H2. The van der Waals surface area contributed by atoms with Crippen LogP contribution in [0.1, 0.15) is 10.6 Å². The number of benzene rings is 2. The Morgan fingerprint density at radius 2 is 1.92 bits per heavy atom. The molecule has 0 fully saturated rings. The number of nitrogens with zero attached hydrogens (tertiary/aromatic N) is 1. The molecule has 2 aromatic carbocycles. The molecule has 0 amide bonds. The van der Waals surface area contributed by atoms with Crippen molar-refractivity contribution in [3.8, 4) is 5.75 Å². The van der Waals surface area contributed by atoms with Gasteiger partial charge in [0.05, 0.1) is 15.8 Å². The lowest BCUT2D eigenvalue weighted by Gasteiger charge is -2.09. The fraction of sp³-hybridized carbons (Fsp3) is 0.176. The summed E-state index contributed by atoms with van der Waals surface area (Å²) in [5.74, 6) is -0.733. The predicted octanol–water partition coefficient (Wildman–Crippen LogP) is 4.44. The van der Waals surface area contributed by atoms with Crippen molar-refractivity contribution in [3.05, 3.63) is 59.1 Å². The third kappa shape index (κ3) is 4.48. The molecule has 1 aromatic heterocycles. The lowest BCUT2D eigenvalue weighted by atomic mass is 10.2. The number of hydrogen-bond acceptors (Lipinski definition) is 5. The molecule has 25 heavy (non-hydrogen) atoms. The summed E-state index contributed by atoms with van der Waals surface area (Å²) in [5, 5.41) is 0.633. The van der Waals surface area contributed by atoms with Crippen LogP contribution in [0.3, 0.4) is 0 Å². The van der Waals surface area contributed by atoms with E-state index in [9.17, 15) is 18.0 Å². The molecule has 0 saturated heterocycles. The zero-order valence-corrected chi connectivity index (χ0v) is 13.6. The maximum absolute atomic E-state index is 12.6. The second kappa shape index (κ2) is 7.10. The van der Waals surface area contributed by atoms with Gasteiger partial charge in [0, 0.05) is 0 Å². The minimum Gasteiger partial charge on any atom is -0.482 e. The van der Waals surface area contributed by atoms with Gasteiger partial charge in [-0.3, -0.25) is 0 Å². The van der Waals surface area contributed by atoms with Crippen LogP contribution in [0.5, 0.6) is 5.75 Å². The van der Waals surface area contributed by atoms with Crippen molar-refractivity contribution in [1.29, 1.82) is 0 Å². The van der Waals surface area contributed by atoms with Crippen LogP contribution in [0.25, 0.3) is 10.2 Å². The topological polar surface area (TPSA) is 48.4 Å². The van der Waals surface area contributed by atoms with Gasteiger partial charge in [0.25, 0.3) is 0 Å². The van der Waals surface area contributed by atoms with Gasteiger partial charge in [-0.25, -0.2) is 9.78 Å². The van der Waals surface area contributed by atoms with Crippen molar-refractivity contribution in [2.75, 3.05) is 6.61 Å². The van der Waals surface area contributed by atoms with E-state index in [1.165, 1.54) is 23.5 Å². The summed E-state index contributed by atoms with van der Waals surface area (Å²) in [6.07, 6.45) is -4.47. The highest BCUT2D eigenvalue weighted by molar-refractivity contribution is 7.18. The summed E-state index contributed by atoms with van der Waals surface area (Å²) in [4.78, 5) is 16.0. The van der Waals surface area contributed by atoms with E-state index in [-0.39, 0.29) is 12.4 Å². The van der Waals surface area contributed by atoms with Gasteiger partial charge in [-0.2, -0.15) is 13.2 Å². The Labute approximate surface area is 144 Å². The summed E-state index contributed by atoms with van der Waals surface area (Å²) in [5.41, 5.74) is -0.0217. The normalized spacial score (nSPS) is 11.5. The molecular formula is C17H12F3NO3S. The van der Waals surface area contributed by atoms with E-state index >= 15 is 0 Å². The zero-order valence-electron chi connectivity index (χ0n) is 12.7. The molecule has 0 N–H and O–H groups in total. The van der Waals surface area contributed by atoms with Crippen molar-refractivity contribution in [2.45, 2.75) is 12.8 Å². The number of thiazole rings is 1. The summed E-state index contributed by atoms with van der Waals surface area (Å²) in [6, 6.07) is 11.8. The second-order valence-electron chi connectivity index (χ2n) is 5.05. The van der Waals surface area contributed by atoms with E-state index in [0.717, 1.165) is 22.3 Å². The van der Waals surface area contributed by atoms with Crippen molar-refractivity contribution < 1.29 is 27.4 Å². The van der Waals surface area contributed by atoms with E-state index < -0.39 is 24.3 Å². The SMILES string of the molecule is O=C(COc1cccc(C(F)(F)F)c1)OCc1nc2ccccc2s1. The fourth-order valence-electron chi connectivity index (χ4n) is 2.07. The fourth-order valence-corrected chi connectivity index (χ4v) is 2.95. The molecule has 3 aromatic rings. The maximum atomic E-state index is 12.6. The second-order valence-corrected chi connectivity index (χ2v) is 6.17. The van der Waals surface area contributed by atoms with Crippen LogP contribution in [0.4, 0.5) is 13.2 Å². The molecule has 0 radical (unpaired) electrons. The molecule has 0 atom stereocenters. The van der Waals surface area contributed by atoms with E-state index in [4.69, 9.17) is 9.47 Å². The number of fused-ring (bicyclic) bond motifs is 1. The van der Waals surface area contributed by atoms with Gasteiger partial charge in [-0.15, -0.1) is 11.3 Å². The molecule has 8 heteroatoms. The first-order valence-corrected chi connectivity index (χ1v) is 8.03. The largest absolute Gasteiger partial charge is 0.482 e. The number of halogens is 3. The third-order valence-electron chi connectivity index (χ3n) is 3.21. The highest BCUT2D eigenvalue weighted by atomic mass is 32.1. The minimum atomic E-state index is -4.47. The molecular weight excluding hydrogens is 355 g/mol. The van der Waals surface area contributed by atoms with E-state index in [2.05, 4.69) is 4.98 Å². The minimum absolute atomic E-state index is 0.00979. The predicted molar refractivity (Wildman–Crippen MR) is 86.4 cm³/mol. The Hall–Kier alpha value is -2.61. The molecule has 0 bridgehead atoms. The molecule has 4 nitrogen and oxygen atoms in total. The Morgan fingerprint density at radius 3 is 2.68 bits per heavy atom. The Balaban J connectivity index is 1.53. The monoisotopic (exact) mass is 367 g/mol. The maximum Gasteiger partial charge on any atom is 0.416 e. The number of rotatable bonds is 5. The van der Waals surface area contributed by atoms with E-state index in [1.54, 1.807) is 0 Å². The molecule has 3 rings (SSSR count). The van der Waals surface area contributed by atoms with Gasteiger partial charge in [-0.1, -0.05) is 18.2 Å². The molecule has 0 aliphatic heterocycles. The van der Waals surface area contributed by atoms with Crippen molar-refractivity contribution in [1.82, 2.24) is 4.98 Å². The number of carbonyl (C=O) groups is 1. The average Bonchev–Trinajstić information content (AvgIpc) is 3.00. The van der Waals surface area contributed by atoms with Crippen molar-refractivity contribution in [3.63, 3.8) is 0 Å². The summed E-state index contributed by atoms with van der Waals surface area (Å²) < 4.78 is 48.9. The number of hydrogen-bond donors (Lipinski definition) is 0. The Bertz CT molecular complexity index is 859. The van der Waals surface area contributed by atoms with E-state index in [0.29, 0.717) is 5.01 Å². The smallest absolute Gasteiger partial charge is 0.416 e. The molecule has 0 spiro atoms. The number of aromatic nitrogens is 1. The van der Waals surface area contributed by atoms with Gasteiger partial charge in [0.15, 0.2) is 6.61 Å². The van der Waals surface area contributed by atoms with Gasteiger partial charge >= 0.3 is 12.1 Å². The first-order chi connectivity index (χ1) is 11.9. The van der Waals surface area contributed by atoms with Crippen LogP contribution in [-0.2, 0) is 22.3 Å². The molecule has 0 saturated carbocycles. The van der Waals surface area contributed by atoms with Crippen LogP contribution in [-0.4, -0.2) is 17.6 Å². The lowest BCUT2D eigenvalue weighted by Crippen LogP contribution is -2.15. The quantitative estimate of drug-likeness (QED) is 0.626. The van der Waals surface area contributed by atoms with Crippen LogP contribution in [0.15, 0.2) is 48.5 Å². The molecule has 0 aliphatic carbocycles. The molecule has 1 heterocycles. The number of para-hydroxylation sites is 1. The van der Waals surface area contributed by atoms with Crippen LogP contribution in [0, 0.1) is 0 Å². The van der Waals surface area contributed by atoms with Crippen molar-refractivity contribution >= 4 is 27.5 Å². The third-order valence-corrected chi connectivity index (χ3v) is 4.22. The summed E-state index contributed by atoms with van der Waals surface area (Å²) in [6.45, 7) is -0.490. The first kappa shape index (κ1) is 17.2. The van der Waals surface area contributed by atoms with Gasteiger partial charge in [-0.05, 0) is 30.3 Å². The summed E-state index contributed by atoms with van der Waals surface area (Å²) in [7, 11) is 0. The van der Waals surface area contributed by atoms with Crippen LogP contribution in [0.2, 0.25) is 0 Å². The Kier molecular flexibility index (Phi) is 4.89. The number of ether oxygens (including phenoxy) is 2. The van der Waals surface area contributed by atoms with Crippen LogP contribution >= 0.6 is 11.3 Å². The average molecular weight is 367 g/mol. The first-order valence-electron chi connectivity index (χ1n) is 7.22. The lowest BCUT2D eigenvalue weighted by molar-refractivity contribution is -0.147. The summed E-state index contributed by atoms with van der Waals surface area (Å²) >= 11 is 1.40. The van der Waals surface area contributed by atoms with E-state index in [1.807, 2.05) is 24.3 Å². The van der Waals surface area contributed by atoms with Gasteiger partial charge in [0.1, 0.15) is 17.4 Å². The molecule has 0 unspecified atom stereocenters. The highest BCUT2D eigenvalue weighted by Gasteiger charge is 2.30. The van der Waals surface area contributed by atoms with Gasteiger partial charge in [0.2, 0.25) is 0 Å².